The molecule has 1 heterocycles. The van der Waals surface area contributed by atoms with Crippen LogP contribution >= 0.6 is 11.8 Å². The molecule has 1 aliphatic rings. The lowest BCUT2D eigenvalue weighted by atomic mass is 10.0. The van der Waals surface area contributed by atoms with Crippen LogP contribution in [0.4, 0.5) is 0 Å². The Kier molecular flexibility index (Phi) is 6.70. The molecule has 1 aliphatic carbocycles. The van der Waals surface area contributed by atoms with E-state index in [1.165, 1.54) is 0 Å². The second-order valence-electron chi connectivity index (χ2n) is 7.52. The first-order chi connectivity index (χ1) is 14.8. The summed E-state index contributed by atoms with van der Waals surface area (Å²) in [4.78, 5) is 17.0. The first kappa shape index (κ1) is 20.5. The van der Waals surface area contributed by atoms with Crippen molar-refractivity contribution in [1.82, 2.24) is 14.9 Å². The Hall–Kier alpha value is -2.79. The van der Waals surface area contributed by atoms with Crippen LogP contribution in [0.15, 0.2) is 78.5 Å². The second-order valence-corrected chi connectivity index (χ2v) is 8.58. The molecule has 2 aromatic carbocycles. The van der Waals surface area contributed by atoms with Crippen molar-refractivity contribution in [1.29, 1.82) is 0 Å². The number of allylic oxidation sites excluding steroid dienone is 1. The summed E-state index contributed by atoms with van der Waals surface area (Å²) in [7, 11) is 0. The monoisotopic (exact) mass is 417 g/mol. The minimum atomic E-state index is 0.169. The number of aromatic nitrogens is 2. The van der Waals surface area contributed by atoms with Crippen molar-refractivity contribution < 1.29 is 4.79 Å². The smallest absolute Gasteiger partial charge is 0.220 e. The normalized spacial score (nSPS) is 13.2. The number of hydrogen-bond acceptors (Lipinski definition) is 3. The van der Waals surface area contributed by atoms with Gasteiger partial charge in [-0.1, -0.05) is 78.5 Å². The zero-order valence-electron chi connectivity index (χ0n) is 17.1. The van der Waals surface area contributed by atoms with Gasteiger partial charge in [-0.2, -0.15) is 0 Å². The Morgan fingerprint density at radius 2 is 1.77 bits per heavy atom. The van der Waals surface area contributed by atoms with Crippen LogP contribution in [0.2, 0.25) is 0 Å². The van der Waals surface area contributed by atoms with E-state index >= 15 is 0 Å². The first-order valence-electron chi connectivity index (χ1n) is 10.5. The van der Waals surface area contributed by atoms with E-state index in [2.05, 4.69) is 52.9 Å². The predicted octanol–water partition coefficient (Wildman–Crippen LogP) is 5.55. The summed E-state index contributed by atoms with van der Waals surface area (Å²) >= 11 is 1.71. The molecule has 1 fully saturated rings. The van der Waals surface area contributed by atoms with Crippen molar-refractivity contribution in [3.8, 4) is 22.5 Å². The van der Waals surface area contributed by atoms with Gasteiger partial charge in [-0.25, -0.2) is 4.98 Å². The van der Waals surface area contributed by atoms with Crippen LogP contribution < -0.4 is 5.32 Å². The standard InChI is InChI=1S/C25H27N3OS/c1-2-17-28-24(20-12-7-4-8-13-20)23(19-10-5-3-6-11-19)27-25(28)30-18-9-14-22(29)26-21-15-16-21/h2-8,10-13,21H,1,9,14-18H2,(H,26,29). The highest BCUT2D eigenvalue weighted by molar-refractivity contribution is 7.99. The molecule has 4 rings (SSSR count). The van der Waals surface area contributed by atoms with Gasteiger partial charge in [-0.3, -0.25) is 4.79 Å². The van der Waals surface area contributed by atoms with Crippen molar-refractivity contribution in [2.75, 3.05) is 5.75 Å². The average molecular weight is 418 g/mol. The lowest BCUT2D eigenvalue weighted by Crippen LogP contribution is -2.25. The summed E-state index contributed by atoms with van der Waals surface area (Å²) in [6, 6.07) is 21.1. The van der Waals surface area contributed by atoms with Crippen molar-refractivity contribution >= 4 is 17.7 Å². The van der Waals surface area contributed by atoms with E-state index in [1.807, 2.05) is 30.3 Å². The van der Waals surface area contributed by atoms with Gasteiger partial charge in [0.05, 0.1) is 11.4 Å². The molecular weight excluding hydrogens is 390 g/mol. The second kappa shape index (κ2) is 9.81. The van der Waals surface area contributed by atoms with Gasteiger partial charge in [-0.15, -0.1) is 6.58 Å². The molecule has 0 unspecified atom stereocenters. The van der Waals surface area contributed by atoms with Gasteiger partial charge in [0.2, 0.25) is 5.91 Å². The van der Waals surface area contributed by atoms with E-state index in [0.717, 1.165) is 52.7 Å². The fourth-order valence-corrected chi connectivity index (χ4v) is 4.40. The topological polar surface area (TPSA) is 46.9 Å². The summed E-state index contributed by atoms with van der Waals surface area (Å²) in [6.07, 6.45) is 5.58. The molecule has 0 spiro atoms. The first-order valence-corrected chi connectivity index (χ1v) is 11.5. The number of hydrogen-bond donors (Lipinski definition) is 1. The van der Waals surface area contributed by atoms with E-state index in [9.17, 15) is 4.79 Å². The van der Waals surface area contributed by atoms with Gasteiger partial charge in [0.15, 0.2) is 5.16 Å². The van der Waals surface area contributed by atoms with Crippen LogP contribution in [0, 0.1) is 0 Å². The molecule has 1 aromatic heterocycles. The zero-order valence-corrected chi connectivity index (χ0v) is 17.9. The fraction of sp³-hybridized carbons (Fsp3) is 0.280. The molecule has 154 valence electrons. The number of carbonyl (C=O) groups excluding carboxylic acids is 1. The van der Waals surface area contributed by atoms with Gasteiger partial charge in [0.1, 0.15) is 0 Å². The highest BCUT2D eigenvalue weighted by Crippen LogP contribution is 2.36. The third-order valence-electron chi connectivity index (χ3n) is 5.06. The Labute approximate surface area is 182 Å². The van der Waals surface area contributed by atoms with Gasteiger partial charge < -0.3 is 9.88 Å². The summed E-state index contributed by atoms with van der Waals surface area (Å²) in [6.45, 7) is 4.65. The molecule has 0 bridgehead atoms. The maximum atomic E-state index is 11.9. The van der Waals surface area contributed by atoms with Gasteiger partial charge in [-0.05, 0) is 19.3 Å². The van der Waals surface area contributed by atoms with Gasteiger partial charge in [0, 0.05) is 35.9 Å². The third-order valence-corrected chi connectivity index (χ3v) is 6.12. The molecule has 0 aliphatic heterocycles. The number of nitrogens with one attached hydrogen (secondary N) is 1. The predicted molar refractivity (Wildman–Crippen MR) is 124 cm³/mol. The van der Waals surface area contributed by atoms with Crippen molar-refractivity contribution in [2.45, 2.75) is 43.4 Å². The van der Waals surface area contributed by atoms with Gasteiger partial charge in [0.25, 0.3) is 0 Å². The van der Waals surface area contributed by atoms with Crippen molar-refractivity contribution in [3.05, 3.63) is 73.3 Å². The molecule has 0 saturated heterocycles. The number of rotatable bonds is 10. The van der Waals surface area contributed by atoms with Crippen LogP contribution in [0.25, 0.3) is 22.5 Å². The largest absolute Gasteiger partial charge is 0.353 e. The van der Waals surface area contributed by atoms with Crippen LogP contribution in [0.5, 0.6) is 0 Å². The quantitative estimate of drug-likeness (QED) is 0.267. The average Bonchev–Trinajstić information content (AvgIpc) is 3.52. The summed E-state index contributed by atoms with van der Waals surface area (Å²) < 4.78 is 2.24. The lowest BCUT2D eigenvalue weighted by Gasteiger charge is -2.11. The molecule has 1 saturated carbocycles. The fourth-order valence-electron chi connectivity index (χ4n) is 3.45. The van der Waals surface area contributed by atoms with E-state index < -0.39 is 0 Å². The van der Waals surface area contributed by atoms with E-state index in [0.29, 0.717) is 19.0 Å². The molecule has 0 radical (unpaired) electrons. The molecule has 3 aromatic rings. The number of amides is 1. The highest BCUT2D eigenvalue weighted by Gasteiger charge is 2.23. The number of imidazole rings is 1. The Balaban J connectivity index is 1.58. The molecular formula is C25H27N3OS. The molecule has 4 nitrogen and oxygen atoms in total. The van der Waals surface area contributed by atoms with Gasteiger partial charge >= 0.3 is 0 Å². The molecule has 5 heteroatoms. The summed E-state index contributed by atoms with van der Waals surface area (Å²) in [5, 5.41) is 4.03. The number of nitrogens with zero attached hydrogens (tertiary/aromatic N) is 2. The Bertz CT molecular complexity index is 994. The van der Waals surface area contributed by atoms with Crippen LogP contribution in [-0.4, -0.2) is 27.3 Å². The minimum absolute atomic E-state index is 0.169. The maximum absolute atomic E-state index is 11.9. The zero-order chi connectivity index (χ0) is 20.8. The van der Waals surface area contributed by atoms with Crippen LogP contribution in [0.3, 0.4) is 0 Å². The number of benzene rings is 2. The Morgan fingerprint density at radius 3 is 2.40 bits per heavy atom. The summed E-state index contributed by atoms with van der Waals surface area (Å²) in [5.74, 6) is 1.02. The van der Waals surface area contributed by atoms with Crippen molar-refractivity contribution in [2.24, 2.45) is 0 Å². The minimum Gasteiger partial charge on any atom is -0.353 e. The van der Waals surface area contributed by atoms with E-state index in [1.54, 1.807) is 11.8 Å². The SMILES string of the molecule is C=CCn1c(SCCCC(=O)NC2CC2)nc(-c2ccccc2)c1-c1ccccc1. The highest BCUT2D eigenvalue weighted by atomic mass is 32.2. The Morgan fingerprint density at radius 1 is 1.10 bits per heavy atom. The van der Waals surface area contributed by atoms with E-state index in [-0.39, 0.29) is 5.91 Å². The maximum Gasteiger partial charge on any atom is 0.220 e. The van der Waals surface area contributed by atoms with Crippen LogP contribution in [0.1, 0.15) is 25.7 Å². The molecule has 1 amide bonds. The molecule has 0 atom stereocenters. The lowest BCUT2D eigenvalue weighted by molar-refractivity contribution is -0.121. The number of thioether (sulfide) groups is 1. The van der Waals surface area contributed by atoms with E-state index in [4.69, 9.17) is 4.98 Å². The molecule has 30 heavy (non-hydrogen) atoms. The summed E-state index contributed by atoms with van der Waals surface area (Å²) in [5.41, 5.74) is 4.33. The third kappa shape index (κ3) is 5.03. The number of carbonyl (C=O) groups is 1. The van der Waals surface area contributed by atoms with Crippen molar-refractivity contribution in [3.63, 3.8) is 0 Å². The van der Waals surface area contributed by atoms with Crippen LogP contribution in [-0.2, 0) is 11.3 Å². The molecule has 1 N–H and O–H groups in total.